The Labute approximate surface area is 106 Å². The first-order chi connectivity index (χ1) is 7.95. The average Bonchev–Trinajstić information content (AvgIpc) is 2.30. The molecule has 0 aliphatic heterocycles. The van der Waals surface area contributed by atoms with Gasteiger partial charge < -0.3 is 4.74 Å². The van der Waals surface area contributed by atoms with E-state index in [1.54, 1.807) is 0 Å². The third kappa shape index (κ3) is 4.35. The monoisotopic (exact) mass is 232 g/mol. The summed E-state index contributed by atoms with van der Waals surface area (Å²) in [5, 5.41) is 0. The second kappa shape index (κ2) is 6.02. The molecule has 0 amide bonds. The second-order valence-electron chi connectivity index (χ2n) is 5.47. The number of ether oxygens (including phenoxy) is 1. The van der Waals surface area contributed by atoms with Crippen LogP contribution in [0, 0.1) is 5.41 Å². The first-order valence-corrected chi connectivity index (χ1v) is 6.30. The molecule has 1 unspecified atom stereocenters. The summed E-state index contributed by atoms with van der Waals surface area (Å²) in [7, 11) is 0. The summed E-state index contributed by atoms with van der Waals surface area (Å²) >= 11 is 0. The Balaban J connectivity index is 2.57. The van der Waals surface area contributed by atoms with Crippen LogP contribution in [0.4, 0.5) is 0 Å². The molecule has 0 N–H and O–H groups in total. The van der Waals surface area contributed by atoms with Crippen molar-refractivity contribution in [3.8, 4) is 0 Å². The molecule has 0 heterocycles. The first-order valence-electron chi connectivity index (χ1n) is 6.30. The fraction of sp³-hybridized carbons (Fsp3) is 0.500. The Morgan fingerprint density at radius 2 is 1.82 bits per heavy atom. The van der Waals surface area contributed by atoms with Gasteiger partial charge in [0.25, 0.3) is 0 Å². The van der Waals surface area contributed by atoms with E-state index in [2.05, 4.69) is 46.4 Å². The molecule has 0 bridgehead atoms. The molecule has 0 saturated heterocycles. The molecular weight excluding hydrogens is 208 g/mol. The van der Waals surface area contributed by atoms with E-state index in [4.69, 9.17) is 4.74 Å². The maximum atomic E-state index is 5.97. The highest BCUT2D eigenvalue weighted by Gasteiger charge is 2.22. The summed E-state index contributed by atoms with van der Waals surface area (Å²) in [5.74, 6) is 0. The molecule has 0 radical (unpaired) electrons. The topological polar surface area (TPSA) is 9.23 Å². The average molecular weight is 232 g/mol. The molecule has 1 aromatic carbocycles. The van der Waals surface area contributed by atoms with Crippen LogP contribution in [0.5, 0.6) is 0 Å². The van der Waals surface area contributed by atoms with Gasteiger partial charge in [0, 0.05) is 0 Å². The highest BCUT2D eigenvalue weighted by atomic mass is 16.5. The van der Waals surface area contributed by atoms with Gasteiger partial charge in [0.2, 0.25) is 0 Å². The van der Waals surface area contributed by atoms with Crippen molar-refractivity contribution < 1.29 is 4.74 Å². The van der Waals surface area contributed by atoms with Crippen LogP contribution in [-0.2, 0) is 11.3 Å². The predicted molar refractivity (Wildman–Crippen MR) is 73.9 cm³/mol. The van der Waals surface area contributed by atoms with Gasteiger partial charge in [-0.15, -0.1) is 0 Å². The highest BCUT2D eigenvalue weighted by Crippen LogP contribution is 2.29. The lowest BCUT2D eigenvalue weighted by Gasteiger charge is -2.29. The number of hydrogen-bond donors (Lipinski definition) is 0. The minimum absolute atomic E-state index is 0.108. The summed E-state index contributed by atoms with van der Waals surface area (Å²) in [6, 6.07) is 10.3. The van der Waals surface area contributed by atoms with E-state index in [9.17, 15) is 0 Å². The highest BCUT2D eigenvalue weighted by molar-refractivity contribution is 5.15. The molecule has 1 rings (SSSR count). The smallest absolute Gasteiger partial charge is 0.0789 e. The minimum Gasteiger partial charge on any atom is -0.369 e. The third-order valence-electron chi connectivity index (χ3n) is 3.02. The van der Waals surface area contributed by atoms with Crippen molar-refractivity contribution in [2.75, 3.05) is 0 Å². The van der Waals surface area contributed by atoms with Crippen LogP contribution in [0.1, 0.15) is 39.7 Å². The molecule has 1 heteroatoms. The summed E-state index contributed by atoms with van der Waals surface area (Å²) < 4.78 is 5.97. The number of rotatable bonds is 5. The van der Waals surface area contributed by atoms with Crippen molar-refractivity contribution in [2.45, 2.75) is 46.8 Å². The van der Waals surface area contributed by atoms with Crippen molar-refractivity contribution >= 4 is 0 Å². The van der Waals surface area contributed by atoms with Gasteiger partial charge >= 0.3 is 0 Å². The van der Waals surface area contributed by atoms with Gasteiger partial charge in [-0.05, 0) is 23.0 Å². The second-order valence-corrected chi connectivity index (χ2v) is 5.47. The van der Waals surface area contributed by atoms with Crippen molar-refractivity contribution in [3.05, 3.63) is 48.0 Å². The van der Waals surface area contributed by atoms with E-state index in [0.717, 1.165) is 6.42 Å². The molecule has 0 aliphatic rings. The van der Waals surface area contributed by atoms with Crippen LogP contribution in [0.25, 0.3) is 0 Å². The predicted octanol–water partition coefficient (Wildman–Crippen LogP) is 4.58. The van der Waals surface area contributed by atoms with Crippen LogP contribution in [0.2, 0.25) is 0 Å². The zero-order valence-corrected chi connectivity index (χ0v) is 11.5. The third-order valence-corrected chi connectivity index (χ3v) is 3.02. The molecule has 94 valence electrons. The van der Waals surface area contributed by atoms with Crippen LogP contribution in [0.3, 0.4) is 0 Å². The van der Waals surface area contributed by atoms with E-state index in [0.29, 0.717) is 6.61 Å². The largest absolute Gasteiger partial charge is 0.369 e. The van der Waals surface area contributed by atoms with Crippen molar-refractivity contribution in [2.24, 2.45) is 5.41 Å². The van der Waals surface area contributed by atoms with Crippen LogP contribution >= 0.6 is 0 Å². The quantitative estimate of drug-likeness (QED) is 0.675. The van der Waals surface area contributed by atoms with Gasteiger partial charge in [-0.25, -0.2) is 0 Å². The maximum Gasteiger partial charge on any atom is 0.0789 e. The Bertz CT molecular complexity index is 346. The van der Waals surface area contributed by atoms with Gasteiger partial charge in [0.15, 0.2) is 0 Å². The summed E-state index contributed by atoms with van der Waals surface area (Å²) in [6.45, 7) is 13.5. The molecular formula is C16H24O. The standard InChI is InChI=1S/C16H24O/c1-6-15(13(2)16(3,4)5)17-12-14-10-8-7-9-11-14/h7-11,15H,2,6,12H2,1,3-5H3. The first kappa shape index (κ1) is 14.0. The van der Waals surface area contributed by atoms with E-state index >= 15 is 0 Å². The SMILES string of the molecule is C=C(C(CC)OCc1ccccc1)C(C)(C)C. The number of hydrogen-bond acceptors (Lipinski definition) is 1. The van der Waals surface area contributed by atoms with E-state index in [-0.39, 0.29) is 11.5 Å². The summed E-state index contributed by atoms with van der Waals surface area (Å²) in [5.41, 5.74) is 2.50. The maximum absolute atomic E-state index is 5.97. The van der Waals surface area contributed by atoms with E-state index < -0.39 is 0 Å². The molecule has 0 spiro atoms. The van der Waals surface area contributed by atoms with E-state index in [1.807, 2.05) is 18.2 Å². The molecule has 0 fully saturated rings. The molecule has 1 atom stereocenters. The molecule has 0 aromatic heterocycles. The Hall–Kier alpha value is -1.08. The Morgan fingerprint density at radius 1 is 1.24 bits per heavy atom. The van der Waals surface area contributed by atoms with Gasteiger partial charge in [0.1, 0.15) is 0 Å². The Kier molecular flexibility index (Phi) is 4.95. The lowest BCUT2D eigenvalue weighted by Crippen LogP contribution is -2.23. The summed E-state index contributed by atoms with van der Waals surface area (Å²) in [6.07, 6.45) is 1.12. The van der Waals surface area contributed by atoms with Gasteiger partial charge in [-0.3, -0.25) is 0 Å². The van der Waals surface area contributed by atoms with Gasteiger partial charge in [-0.1, -0.05) is 64.6 Å². The van der Waals surface area contributed by atoms with Crippen molar-refractivity contribution in [1.29, 1.82) is 0 Å². The van der Waals surface area contributed by atoms with Crippen molar-refractivity contribution in [3.63, 3.8) is 0 Å². The van der Waals surface area contributed by atoms with Crippen LogP contribution in [-0.4, -0.2) is 6.10 Å². The fourth-order valence-electron chi connectivity index (χ4n) is 1.72. The fourth-order valence-corrected chi connectivity index (χ4v) is 1.72. The van der Waals surface area contributed by atoms with Crippen LogP contribution in [0.15, 0.2) is 42.5 Å². The zero-order chi connectivity index (χ0) is 12.9. The molecule has 1 aromatic rings. The lowest BCUT2D eigenvalue weighted by atomic mass is 9.83. The molecule has 1 nitrogen and oxygen atoms in total. The van der Waals surface area contributed by atoms with Crippen molar-refractivity contribution in [1.82, 2.24) is 0 Å². The molecule has 0 saturated carbocycles. The lowest BCUT2D eigenvalue weighted by molar-refractivity contribution is 0.0510. The normalized spacial score (nSPS) is 13.4. The molecule has 0 aliphatic carbocycles. The Morgan fingerprint density at radius 3 is 2.29 bits per heavy atom. The summed E-state index contributed by atoms with van der Waals surface area (Å²) in [4.78, 5) is 0. The number of benzene rings is 1. The zero-order valence-electron chi connectivity index (χ0n) is 11.5. The van der Waals surface area contributed by atoms with Gasteiger partial charge in [0.05, 0.1) is 12.7 Å². The van der Waals surface area contributed by atoms with Gasteiger partial charge in [-0.2, -0.15) is 0 Å². The minimum atomic E-state index is 0.108. The van der Waals surface area contributed by atoms with E-state index in [1.165, 1.54) is 11.1 Å². The van der Waals surface area contributed by atoms with Crippen LogP contribution < -0.4 is 0 Å². The molecule has 17 heavy (non-hydrogen) atoms.